The number of alkyl halides is 4. The lowest BCUT2D eigenvalue weighted by atomic mass is 9.98. The largest absolute Gasteiger partial charge is 0.461 e. The maximum absolute atomic E-state index is 12.8. The van der Waals surface area contributed by atoms with Crippen molar-refractivity contribution in [3.8, 4) is 5.75 Å². The molecule has 0 unspecified atom stereocenters. The molecule has 0 heterocycles. The zero-order chi connectivity index (χ0) is 14.6. The van der Waals surface area contributed by atoms with Gasteiger partial charge < -0.3 is 10.5 Å². The first-order valence-corrected chi connectivity index (χ1v) is 5.93. The van der Waals surface area contributed by atoms with E-state index >= 15 is 0 Å². The van der Waals surface area contributed by atoms with Gasteiger partial charge in [0.15, 0.2) is 0 Å². The van der Waals surface area contributed by atoms with Crippen molar-refractivity contribution in [1.29, 1.82) is 0 Å². The molecule has 0 aliphatic rings. The van der Waals surface area contributed by atoms with E-state index in [2.05, 4.69) is 4.74 Å². The van der Waals surface area contributed by atoms with Crippen molar-refractivity contribution in [2.75, 3.05) is 0 Å². The highest BCUT2D eigenvalue weighted by Gasteiger charge is 2.43. The quantitative estimate of drug-likeness (QED) is 0.790. The average Bonchev–Trinajstić information content (AvgIpc) is 2.27. The van der Waals surface area contributed by atoms with Gasteiger partial charge in [0.2, 0.25) is 0 Å². The highest BCUT2D eigenvalue weighted by Crippen LogP contribution is 2.29. The van der Waals surface area contributed by atoms with Crippen LogP contribution in [-0.4, -0.2) is 12.5 Å². The van der Waals surface area contributed by atoms with Crippen molar-refractivity contribution in [2.45, 2.75) is 38.8 Å². The lowest BCUT2D eigenvalue weighted by molar-refractivity contribution is -0.253. The van der Waals surface area contributed by atoms with Crippen LogP contribution < -0.4 is 10.5 Å². The lowest BCUT2D eigenvalue weighted by Crippen LogP contribution is -2.33. The third-order valence-electron chi connectivity index (χ3n) is 2.52. The number of ether oxygens (including phenoxy) is 1. The summed E-state index contributed by atoms with van der Waals surface area (Å²) >= 11 is 0. The van der Waals surface area contributed by atoms with E-state index in [9.17, 15) is 17.6 Å². The van der Waals surface area contributed by atoms with Crippen LogP contribution in [0.4, 0.5) is 17.6 Å². The van der Waals surface area contributed by atoms with Gasteiger partial charge in [0.1, 0.15) is 5.75 Å². The second-order valence-corrected chi connectivity index (χ2v) is 4.77. The van der Waals surface area contributed by atoms with Crippen LogP contribution in [0.25, 0.3) is 0 Å². The van der Waals surface area contributed by atoms with E-state index in [0.717, 1.165) is 0 Å². The molecule has 1 atom stereocenters. The molecule has 0 spiro atoms. The molecule has 0 amide bonds. The third-order valence-corrected chi connectivity index (χ3v) is 2.52. The molecule has 20 heavy (non-hydrogen) atoms. The van der Waals surface area contributed by atoms with Gasteiger partial charge in [-0.05, 0) is 30.0 Å². The molecule has 0 radical (unpaired) electrons. The van der Waals surface area contributed by atoms with Gasteiger partial charge in [0, 0.05) is 6.04 Å². The second kappa shape index (κ2) is 7.69. The Hall–Kier alpha value is -1.01. The predicted octanol–water partition coefficient (Wildman–Crippen LogP) is 4.39. The van der Waals surface area contributed by atoms with Gasteiger partial charge in [-0.3, -0.25) is 0 Å². The van der Waals surface area contributed by atoms with Crippen LogP contribution in [0.3, 0.4) is 0 Å². The molecule has 0 aliphatic heterocycles. The molecular formula is C13H18ClF4NO. The van der Waals surface area contributed by atoms with Gasteiger partial charge >= 0.3 is 12.5 Å². The van der Waals surface area contributed by atoms with E-state index in [4.69, 9.17) is 5.73 Å². The zero-order valence-corrected chi connectivity index (χ0v) is 12.0. The molecule has 1 aromatic carbocycles. The van der Waals surface area contributed by atoms with Gasteiger partial charge in [0.05, 0.1) is 0 Å². The van der Waals surface area contributed by atoms with E-state index in [1.165, 1.54) is 18.2 Å². The van der Waals surface area contributed by atoms with Crippen LogP contribution >= 0.6 is 12.4 Å². The van der Waals surface area contributed by atoms with E-state index < -0.39 is 12.5 Å². The fourth-order valence-electron chi connectivity index (χ4n) is 1.65. The molecule has 1 rings (SSSR count). The summed E-state index contributed by atoms with van der Waals surface area (Å²) in [6.07, 6.45) is -7.71. The summed E-state index contributed by atoms with van der Waals surface area (Å²) in [4.78, 5) is 0. The normalized spacial score (nSPS) is 13.2. The van der Waals surface area contributed by atoms with Gasteiger partial charge in [-0.1, -0.05) is 26.0 Å². The van der Waals surface area contributed by atoms with Gasteiger partial charge in [-0.15, -0.1) is 12.4 Å². The number of halogens is 5. The number of nitrogens with two attached hydrogens (primary N) is 1. The maximum Gasteiger partial charge on any atom is 0.461 e. The van der Waals surface area contributed by atoms with E-state index in [-0.39, 0.29) is 24.2 Å². The Morgan fingerprint density at radius 1 is 1.25 bits per heavy atom. The Labute approximate surface area is 121 Å². The number of hydrogen-bond donors (Lipinski definition) is 1. The summed E-state index contributed by atoms with van der Waals surface area (Å²) in [5.74, 6) is 0.0177. The summed E-state index contributed by atoms with van der Waals surface area (Å²) in [5.41, 5.74) is 6.48. The van der Waals surface area contributed by atoms with Crippen LogP contribution in [-0.2, 0) is 0 Å². The van der Waals surface area contributed by atoms with Crippen molar-refractivity contribution in [2.24, 2.45) is 11.7 Å². The van der Waals surface area contributed by atoms with Gasteiger partial charge in [-0.25, -0.2) is 0 Å². The van der Waals surface area contributed by atoms with E-state index in [1.807, 2.05) is 13.8 Å². The Morgan fingerprint density at radius 3 is 2.35 bits per heavy atom. The maximum atomic E-state index is 12.8. The molecule has 0 saturated heterocycles. The molecule has 0 aromatic heterocycles. The predicted molar refractivity (Wildman–Crippen MR) is 71.7 cm³/mol. The summed E-state index contributed by atoms with van der Waals surface area (Å²) in [7, 11) is 0. The topological polar surface area (TPSA) is 35.2 Å². The van der Waals surface area contributed by atoms with Crippen molar-refractivity contribution in [1.82, 2.24) is 0 Å². The lowest BCUT2D eigenvalue weighted by Gasteiger charge is -2.19. The first-order valence-electron chi connectivity index (χ1n) is 5.93. The number of hydrogen-bond acceptors (Lipinski definition) is 2. The van der Waals surface area contributed by atoms with E-state index in [0.29, 0.717) is 17.9 Å². The van der Waals surface area contributed by atoms with Crippen LogP contribution in [0.1, 0.15) is 31.9 Å². The van der Waals surface area contributed by atoms with Crippen molar-refractivity contribution >= 4 is 12.4 Å². The van der Waals surface area contributed by atoms with Crippen molar-refractivity contribution in [3.63, 3.8) is 0 Å². The Bertz CT molecular complexity index is 415. The molecular weight excluding hydrogens is 298 g/mol. The number of benzene rings is 1. The summed E-state index contributed by atoms with van der Waals surface area (Å²) < 4.78 is 53.6. The summed E-state index contributed by atoms with van der Waals surface area (Å²) in [5, 5.41) is 0. The Kier molecular flexibility index (Phi) is 7.30. The highest BCUT2D eigenvalue weighted by molar-refractivity contribution is 5.85. The first kappa shape index (κ1) is 19.0. The smallest absolute Gasteiger partial charge is 0.428 e. The molecule has 2 N–H and O–H groups in total. The van der Waals surface area contributed by atoms with Crippen LogP contribution in [0.5, 0.6) is 5.75 Å². The third kappa shape index (κ3) is 5.54. The minimum atomic E-state index is -4.50. The fourth-order valence-corrected chi connectivity index (χ4v) is 1.65. The van der Waals surface area contributed by atoms with Crippen molar-refractivity contribution in [3.05, 3.63) is 29.8 Å². The minimum Gasteiger partial charge on any atom is -0.428 e. The summed E-state index contributed by atoms with van der Waals surface area (Å²) in [6.45, 7) is 3.95. The molecule has 7 heteroatoms. The SMILES string of the molecule is CC(C)C[C@H](N)c1cccc(OC(F)(F)C(F)F)c1.Cl. The Morgan fingerprint density at radius 2 is 1.85 bits per heavy atom. The number of rotatable bonds is 6. The molecule has 0 saturated carbocycles. The van der Waals surface area contributed by atoms with E-state index in [1.54, 1.807) is 6.07 Å². The molecule has 1 aromatic rings. The minimum absolute atomic E-state index is 0. The molecule has 0 bridgehead atoms. The monoisotopic (exact) mass is 315 g/mol. The summed E-state index contributed by atoms with van der Waals surface area (Å²) in [6, 6.07) is 5.22. The van der Waals surface area contributed by atoms with Gasteiger partial charge in [-0.2, -0.15) is 17.6 Å². The fraction of sp³-hybridized carbons (Fsp3) is 0.538. The highest BCUT2D eigenvalue weighted by atomic mass is 35.5. The Balaban J connectivity index is 0.00000361. The van der Waals surface area contributed by atoms with Gasteiger partial charge in [0.25, 0.3) is 0 Å². The molecule has 0 fully saturated rings. The van der Waals surface area contributed by atoms with Crippen LogP contribution in [0.15, 0.2) is 24.3 Å². The molecule has 0 aliphatic carbocycles. The van der Waals surface area contributed by atoms with Crippen LogP contribution in [0.2, 0.25) is 0 Å². The first-order chi connectivity index (χ1) is 8.72. The standard InChI is InChI=1S/C13H17F4NO.ClH/c1-8(2)6-11(18)9-4-3-5-10(7-9)19-13(16,17)12(14)15;/h3-5,7-8,11-12H,6,18H2,1-2H3;1H/t11-;/m0./s1. The van der Waals surface area contributed by atoms with Crippen LogP contribution in [0, 0.1) is 5.92 Å². The molecule has 116 valence electrons. The zero-order valence-electron chi connectivity index (χ0n) is 11.2. The molecule has 2 nitrogen and oxygen atoms in total. The average molecular weight is 316 g/mol. The van der Waals surface area contributed by atoms with Crippen molar-refractivity contribution < 1.29 is 22.3 Å². The second-order valence-electron chi connectivity index (χ2n) is 4.77.